The molecule has 5 heteroatoms. The largest absolute Gasteiger partial charge is 0.494 e. The SMILES string of the molecule is COCc1cnc(C)c(OC)c1[C@H](O)CCN. The van der Waals surface area contributed by atoms with Gasteiger partial charge in [-0.15, -0.1) is 0 Å². The topological polar surface area (TPSA) is 77.6 Å². The van der Waals surface area contributed by atoms with Crippen molar-refractivity contribution in [3.8, 4) is 5.75 Å². The van der Waals surface area contributed by atoms with Crippen LogP contribution in [0.25, 0.3) is 0 Å². The monoisotopic (exact) mass is 240 g/mol. The smallest absolute Gasteiger partial charge is 0.146 e. The lowest BCUT2D eigenvalue weighted by Gasteiger charge is -2.19. The third kappa shape index (κ3) is 3.15. The zero-order valence-corrected chi connectivity index (χ0v) is 10.6. The fraction of sp³-hybridized carbons (Fsp3) is 0.583. The summed E-state index contributed by atoms with van der Waals surface area (Å²) in [6, 6.07) is 0. The van der Waals surface area contributed by atoms with Gasteiger partial charge in [-0.05, 0) is 19.9 Å². The van der Waals surface area contributed by atoms with Gasteiger partial charge in [-0.25, -0.2) is 0 Å². The van der Waals surface area contributed by atoms with Crippen LogP contribution in [0.5, 0.6) is 5.75 Å². The first-order valence-electron chi connectivity index (χ1n) is 5.55. The Hall–Kier alpha value is -1.17. The van der Waals surface area contributed by atoms with Crippen molar-refractivity contribution in [2.75, 3.05) is 20.8 Å². The summed E-state index contributed by atoms with van der Waals surface area (Å²) in [4.78, 5) is 4.22. The first-order valence-corrected chi connectivity index (χ1v) is 5.55. The van der Waals surface area contributed by atoms with E-state index in [2.05, 4.69) is 4.98 Å². The maximum atomic E-state index is 10.1. The van der Waals surface area contributed by atoms with Crippen LogP contribution >= 0.6 is 0 Å². The summed E-state index contributed by atoms with van der Waals surface area (Å²) in [5.41, 5.74) is 7.78. The van der Waals surface area contributed by atoms with Crippen molar-refractivity contribution in [1.82, 2.24) is 4.98 Å². The number of methoxy groups -OCH3 is 2. The van der Waals surface area contributed by atoms with Gasteiger partial charge in [-0.3, -0.25) is 4.98 Å². The highest BCUT2D eigenvalue weighted by Gasteiger charge is 2.19. The van der Waals surface area contributed by atoms with Crippen molar-refractivity contribution in [3.63, 3.8) is 0 Å². The summed E-state index contributed by atoms with van der Waals surface area (Å²) in [5, 5.41) is 10.1. The number of rotatable bonds is 6. The number of nitrogens with two attached hydrogens (primary N) is 1. The molecule has 0 radical (unpaired) electrons. The highest BCUT2D eigenvalue weighted by atomic mass is 16.5. The quantitative estimate of drug-likeness (QED) is 0.773. The number of aryl methyl sites for hydroxylation is 1. The number of nitrogens with zero attached hydrogens (tertiary/aromatic N) is 1. The average Bonchev–Trinajstić information content (AvgIpc) is 2.31. The summed E-state index contributed by atoms with van der Waals surface area (Å²) in [6.07, 6.45) is 1.54. The highest BCUT2D eigenvalue weighted by Crippen LogP contribution is 2.32. The summed E-state index contributed by atoms with van der Waals surface area (Å²) < 4.78 is 10.4. The van der Waals surface area contributed by atoms with Crippen molar-refractivity contribution in [2.45, 2.75) is 26.1 Å². The summed E-state index contributed by atoms with van der Waals surface area (Å²) in [7, 11) is 3.17. The predicted octanol–water partition coefficient (Wildman–Crippen LogP) is 0.927. The second-order valence-electron chi connectivity index (χ2n) is 3.84. The van der Waals surface area contributed by atoms with Gasteiger partial charge in [0.25, 0.3) is 0 Å². The molecule has 17 heavy (non-hydrogen) atoms. The van der Waals surface area contributed by atoms with E-state index in [1.807, 2.05) is 6.92 Å². The minimum absolute atomic E-state index is 0.389. The molecule has 0 aliphatic heterocycles. The van der Waals surface area contributed by atoms with Gasteiger partial charge in [0.1, 0.15) is 5.75 Å². The Balaban J connectivity index is 3.22. The Bertz CT molecular complexity index is 369. The fourth-order valence-corrected chi connectivity index (χ4v) is 1.84. The van der Waals surface area contributed by atoms with Crippen LogP contribution in [0.15, 0.2) is 6.20 Å². The molecule has 0 aliphatic carbocycles. The fourth-order valence-electron chi connectivity index (χ4n) is 1.84. The van der Waals surface area contributed by atoms with Gasteiger partial charge in [-0.1, -0.05) is 0 Å². The molecule has 0 spiro atoms. The molecule has 5 nitrogen and oxygen atoms in total. The molecule has 0 amide bonds. The Morgan fingerprint density at radius 3 is 2.71 bits per heavy atom. The molecule has 0 aromatic carbocycles. The molecule has 3 N–H and O–H groups in total. The van der Waals surface area contributed by atoms with Crippen LogP contribution in [0.2, 0.25) is 0 Å². The molecule has 1 aromatic heterocycles. The predicted molar refractivity (Wildman–Crippen MR) is 64.9 cm³/mol. The average molecular weight is 240 g/mol. The second-order valence-corrected chi connectivity index (χ2v) is 3.84. The minimum atomic E-state index is -0.651. The van der Waals surface area contributed by atoms with Crippen molar-refractivity contribution in [3.05, 3.63) is 23.0 Å². The number of aliphatic hydroxyl groups is 1. The Morgan fingerprint density at radius 2 is 2.18 bits per heavy atom. The molecule has 0 saturated carbocycles. The van der Waals surface area contributed by atoms with Crippen molar-refractivity contribution in [2.24, 2.45) is 5.73 Å². The molecule has 1 atom stereocenters. The van der Waals surface area contributed by atoms with E-state index in [4.69, 9.17) is 15.2 Å². The van der Waals surface area contributed by atoms with Gasteiger partial charge < -0.3 is 20.3 Å². The van der Waals surface area contributed by atoms with Gasteiger partial charge in [0.15, 0.2) is 0 Å². The Labute approximate surface area is 102 Å². The lowest BCUT2D eigenvalue weighted by atomic mass is 10.00. The van der Waals surface area contributed by atoms with Crippen LogP contribution in [0, 0.1) is 6.92 Å². The van der Waals surface area contributed by atoms with E-state index < -0.39 is 6.10 Å². The third-order valence-electron chi connectivity index (χ3n) is 2.61. The van der Waals surface area contributed by atoms with Crippen LogP contribution < -0.4 is 10.5 Å². The molecular formula is C12H20N2O3. The van der Waals surface area contributed by atoms with Crippen molar-refractivity contribution < 1.29 is 14.6 Å². The Kier molecular flexibility index (Phi) is 5.34. The van der Waals surface area contributed by atoms with E-state index in [9.17, 15) is 5.11 Å². The lowest BCUT2D eigenvalue weighted by molar-refractivity contribution is 0.152. The van der Waals surface area contributed by atoms with Crippen LogP contribution in [0.1, 0.15) is 29.3 Å². The number of hydrogen-bond donors (Lipinski definition) is 2. The van der Waals surface area contributed by atoms with Gasteiger partial charge in [-0.2, -0.15) is 0 Å². The number of aliphatic hydroxyl groups excluding tert-OH is 1. The number of hydrogen-bond acceptors (Lipinski definition) is 5. The van der Waals surface area contributed by atoms with Gasteiger partial charge in [0.2, 0.25) is 0 Å². The van der Waals surface area contributed by atoms with Gasteiger partial charge in [0, 0.05) is 24.4 Å². The molecule has 0 saturated heterocycles. The first kappa shape index (κ1) is 13.9. The summed E-state index contributed by atoms with van der Waals surface area (Å²) in [6.45, 7) is 2.65. The standard InChI is InChI=1S/C12H20N2O3/c1-8-12(17-3)11(10(15)4-5-13)9(6-14-8)7-16-2/h6,10,15H,4-5,7,13H2,1-3H3/t10-/m1/s1. The molecule has 0 fully saturated rings. The van der Waals surface area contributed by atoms with E-state index in [1.54, 1.807) is 20.4 Å². The third-order valence-corrected chi connectivity index (χ3v) is 2.61. The van der Waals surface area contributed by atoms with Crippen molar-refractivity contribution in [1.29, 1.82) is 0 Å². The normalized spacial score (nSPS) is 12.5. The van der Waals surface area contributed by atoms with E-state index >= 15 is 0 Å². The number of pyridine rings is 1. The Morgan fingerprint density at radius 1 is 1.47 bits per heavy atom. The zero-order valence-electron chi connectivity index (χ0n) is 10.6. The lowest BCUT2D eigenvalue weighted by Crippen LogP contribution is -2.12. The highest BCUT2D eigenvalue weighted by molar-refractivity contribution is 5.43. The van der Waals surface area contributed by atoms with E-state index in [0.717, 1.165) is 16.8 Å². The molecule has 1 heterocycles. The van der Waals surface area contributed by atoms with Crippen LogP contribution in [0.4, 0.5) is 0 Å². The maximum Gasteiger partial charge on any atom is 0.146 e. The van der Waals surface area contributed by atoms with Crippen LogP contribution in [-0.4, -0.2) is 30.9 Å². The molecule has 0 aliphatic rings. The second kappa shape index (κ2) is 6.54. The summed E-state index contributed by atoms with van der Waals surface area (Å²) >= 11 is 0. The van der Waals surface area contributed by atoms with Crippen LogP contribution in [-0.2, 0) is 11.3 Å². The molecular weight excluding hydrogens is 220 g/mol. The van der Waals surface area contributed by atoms with E-state index in [0.29, 0.717) is 25.3 Å². The molecule has 0 unspecified atom stereocenters. The molecule has 96 valence electrons. The van der Waals surface area contributed by atoms with Crippen molar-refractivity contribution >= 4 is 0 Å². The molecule has 0 bridgehead atoms. The zero-order chi connectivity index (χ0) is 12.8. The van der Waals surface area contributed by atoms with Gasteiger partial charge in [0.05, 0.1) is 25.5 Å². The maximum absolute atomic E-state index is 10.1. The van der Waals surface area contributed by atoms with Crippen LogP contribution in [0.3, 0.4) is 0 Å². The van der Waals surface area contributed by atoms with E-state index in [1.165, 1.54) is 0 Å². The minimum Gasteiger partial charge on any atom is -0.494 e. The molecule has 1 aromatic rings. The summed E-state index contributed by atoms with van der Waals surface area (Å²) in [5.74, 6) is 0.612. The number of aromatic nitrogens is 1. The van der Waals surface area contributed by atoms with Gasteiger partial charge >= 0.3 is 0 Å². The first-order chi connectivity index (χ1) is 8.15. The molecule has 1 rings (SSSR count). The van der Waals surface area contributed by atoms with E-state index in [-0.39, 0.29) is 0 Å². The number of ether oxygens (including phenoxy) is 2.